The summed E-state index contributed by atoms with van der Waals surface area (Å²) in [6.07, 6.45) is 0.930. The number of benzene rings is 2. The molecule has 0 aliphatic rings. The Kier molecular flexibility index (Phi) is 6.33. The van der Waals surface area contributed by atoms with Crippen LogP contribution in [0.1, 0.15) is 10.4 Å². The van der Waals surface area contributed by atoms with Crippen molar-refractivity contribution in [1.29, 1.82) is 0 Å². The predicted octanol–water partition coefficient (Wildman–Crippen LogP) is 2.67. The Morgan fingerprint density at radius 2 is 1.85 bits per heavy atom. The highest BCUT2D eigenvalue weighted by molar-refractivity contribution is 7.92. The molecule has 138 valence electrons. The van der Waals surface area contributed by atoms with Gasteiger partial charge < -0.3 is 4.74 Å². The van der Waals surface area contributed by atoms with Gasteiger partial charge in [-0.2, -0.15) is 0 Å². The van der Waals surface area contributed by atoms with E-state index in [1.807, 2.05) is 0 Å². The van der Waals surface area contributed by atoms with Gasteiger partial charge in [-0.05, 0) is 30.3 Å². The van der Waals surface area contributed by atoms with Crippen molar-refractivity contribution in [2.24, 2.45) is 0 Å². The summed E-state index contributed by atoms with van der Waals surface area (Å²) in [7, 11) is -3.79. The van der Waals surface area contributed by atoms with Gasteiger partial charge in [0, 0.05) is 10.6 Å². The number of hydrogen-bond donors (Lipinski definition) is 0. The zero-order chi connectivity index (χ0) is 19.3. The van der Waals surface area contributed by atoms with E-state index in [-0.39, 0.29) is 11.3 Å². The second-order valence-corrected chi connectivity index (χ2v) is 7.69. The second kappa shape index (κ2) is 8.29. The number of rotatable bonds is 7. The number of nitrogens with zero attached hydrogens (tertiary/aromatic N) is 1. The molecule has 0 bridgehead atoms. The summed E-state index contributed by atoms with van der Waals surface area (Å²) in [4.78, 5) is 23.9. The molecule has 0 aliphatic carbocycles. The Bertz CT molecular complexity index is 932. The summed E-state index contributed by atoms with van der Waals surface area (Å²) in [5.74, 6) is -2.13. The molecule has 0 radical (unpaired) electrons. The lowest BCUT2D eigenvalue weighted by Gasteiger charge is -2.21. The van der Waals surface area contributed by atoms with E-state index in [4.69, 9.17) is 16.3 Å². The molecule has 0 spiro atoms. The molecule has 0 saturated heterocycles. The van der Waals surface area contributed by atoms with Crippen LogP contribution in [0.2, 0.25) is 5.02 Å². The van der Waals surface area contributed by atoms with Gasteiger partial charge in [-0.25, -0.2) is 12.8 Å². The van der Waals surface area contributed by atoms with Crippen LogP contribution in [0.5, 0.6) is 0 Å². The first-order chi connectivity index (χ1) is 12.2. The molecule has 9 heteroatoms. The first kappa shape index (κ1) is 19.9. The van der Waals surface area contributed by atoms with Gasteiger partial charge in [-0.1, -0.05) is 29.8 Å². The van der Waals surface area contributed by atoms with Crippen LogP contribution in [0.15, 0.2) is 48.5 Å². The molecule has 0 aliphatic heterocycles. The number of anilines is 1. The van der Waals surface area contributed by atoms with Crippen LogP contribution in [0.3, 0.4) is 0 Å². The second-order valence-electron chi connectivity index (χ2n) is 5.34. The molecule has 2 rings (SSSR count). The maximum absolute atomic E-state index is 13.1. The average molecular weight is 400 g/mol. The molecule has 2 aromatic carbocycles. The van der Waals surface area contributed by atoms with Gasteiger partial charge in [-0.3, -0.25) is 13.9 Å². The van der Waals surface area contributed by atoms with Gasteiger partial charge in [0.15, 0.2) is 12.4 Å². The Balaban J connectivity index is 2.05. The first-order valence-electron chi connectivity index (χ1n) is 7.34. The van der Waals surface area contributed by atoms with Gasteiger partial charge in [0.2, 0.25) is 10.0 Å². The summed E-state index contributed by atoms with van der Waals surface area (Å²) in [5.41, 5.74) is 0.237. The summed E-state index contributed by atoms with van der Waals surface area (Å²) < 4.78 is 42.6. The van der Waals surface area contributed by atoms with Crippen LogP contribution >= 0.6 is 11.6 Å². The molecule has 0 fully saturated rings. The highest BCUT2D eigenvalue weighted by Crippen LogP contribution is 2.21. The minimum atomic E-state index is -3.79. The highest BCUT2D eigenvalue weighted by atomic mass is 35.5. The number of sulfonamides is 1. The molecule has 0 heterocycles. The number of ketones is 1. The Labute approximate surface area is 155 Å². The largest absolute Gasteiger partial charge is 0.456 e. The van der Waals surface area contributed by atoms with Crippen LogP contribution in [0.4, 0.5) is 10.1 Å². The number of Topliss-reactive ketones (excluding diaryl/α,β-unsaturated/α-hetero) is 1. The molecule has 0 atom stereocenters. The van der Waals surface area contributed by atoms with Crippen molar-refractivity contribution in [3.63, 3.8) is 0 Å². The molecule has 0 aromatic heterocycles. The van der Waals surface area contributed by atoms with Gasteiger partial charge in [-0.15, -0.1) is 0 Å². The monoisotopic (exact) mass is 399 g/mol. The van der Waals surface area contributed by atoms with Crippen molar-refractivity contribution in [1.82, 2.24) is 0 Å². The lowest BCUT2D eigenvalue weighted by atomic mass is 10.1. The van der Waals surface area contributed by atoms with E-state index < -0.39 is 40.7 Å². The van der Waals surface area contributed by atoms with Crippen LogP contribution in [-0.4, -0.2) is 39.6 Å². The standard InChI is InChI=1S/C17H15ClFNO5S/c1-26(23,24)20(15-7-3-5-13(18)9-15)10-17(22)25-11-16(21)12-4-2-6-14(19)8-12/h2-9H,10-11H2,1H3. The summed E-state index contributed by atoms with van der Waals surface area (Å²) >= 11 is 5.85. The van der Waals surface area contributed by atoms with Crippen molar-refractivity contribution >= 4 is 39.1 Å². The molecular weight excluding hydrogens is 385 g/mol. The smallest absolute Gasteiger partial charge is 0.327 e. The maximum atomic E-state index is 13.1. The Morgan fingerprint density at radius 1 is 1.15 bits per heavy atom. The van der Waals surface area contributed by atoms with Crippen molar-refractivity contribution in [3.05, 3.63) is 64.9 Å². The SMILES string of the molecule is CS(=O)(=O)N(CC(=O)OCC(=O)c1cccc(F)c1)c1cccc(Cl)c1. The third-order valence-electron chi connectivity index (χ3n) is 3.28. The van der Waals surface area contributed by atoms with E-state index in [0.29, 0.717) is 5.02 Å². The topological polar surface area (TPSA) is 80.8 Å². The van der Waals surface area contributed by atoms with Crippen LogP contribution < -0.4 is 4.31 Å². The fourth-order valence-electron chi connectivity index (χ4n) is 2.09. The summed E-state index contributed by atoms with van der Waals surface area (Å²) in [5, 5.41) is 0.297. The normalized spacial score (nSPS) is 11.0. The van der Waals surface area contributed by atoms with Crippen LogP contribution in [0.25, 0.3) is 0 Å². The molecule has 26 heavy (non-hydrogen) atoms. The number of esters is 1. The van der Waals surface area contributed by atoms with Crippen molar-refractivity contribution in [2.75, 3.05) is 23.7 Å². The Morgan fingerprint density at radius 3 is 2.46 bits per heavy atom. The summed E-state index contributed by atoms with van der Waals surface area (Å²) in [6, 6.07) is 10.9. The number of halogens is 2. The molecule has 0 N–H and O–H groups in total. The number of carbonyl (C=O) groups is 2. The van der Waals surface area contributed by atoms with E-state index in [9.17, 15) is 22.4 Å². The lowest BCUT2D eigenvalue weighted by Crippen LogP contribution is -2.36. The quantitative estimate of drug-likeness (QED) is 0.528. The molecular formula is C17H15ClFNO5S. The van der Waals surface area contributed by atoms with Crippen LogP contribution in [0, 0.1) is 5.82 Å². The number of hydrogen-bond acceptors (Lipinski definition) is 5. The fraction of sp³-hybridized carbons (Fsp3) is 0.176. The fourth-order valence-corrected chi connectivity index (χ4v) is 3.11. The predicted molar refractivity (Wildman–Crippen MR) is 95.3 cm³/mol. The zero-order valence-corrected chi connectivity index (χ0v) is 15.3. The molecule has 0 unspecified atom stereocenters. The molecule has 0 amide bonds. The Hall–Kier alpha value is -2.45. The molecule has 0 saturated carbocycles. The van der Waals surface area contributed by atoms with Crippen molar-refractivity contribution in [2.45, 2.75) is 0 Å². The van der Waals surface area contributed by atoms with Gasteiger partial charge >= 0.3 is 5.97 Å². The van der Waals surface area contributed by atoms with E-state index in [2.05, 4.69) is 0 Å². The highest BCUT2D eigenvalue weighted by Gasteiger charge is 2.22. The molecule has 6 nitrogen and oxygen atoms in total. The number of ether oxygens (including phenoxy) is 1. The van der Waals surface area contributed by atoms with E-state index in [0.717, 1.165) is 16.6 Å². The minimum absolute atomic E-state index is 0.0487. The van der Waals surface area contributed by atoms with E-state index in [1.165, 1.54) is 36.4 Å². The van der Waals surface area contributed by atoms with Crippen molar-refractivity contribution in [3.8, 4) is 0 Å². The van der Waals surface area contributed by atoms with Gasteiger partial charge in [0.1, 0.15) is 12.4 Å². The zero-order valence-electron chi connectivity index (χ0n) is 13.7. The molecule has 2 aromatic rings. The third kappa shape index (κ3) is 5.53. The maximum Gasteiger partial charge on any atom is 0.327 e. The minimum Gasteiger partial charge on any atom is -0.456 e. The lowest BCUT2D eigenvalue weighted by molar-refractivity contribution is -0.140. The summed E-state index contributed by atoms with van der Waals surface area (Å²) in [6.45, 7) is -1.26. The van der Waals surface area contributed by atoms with Gasteiger partial charge in [0.05, 0.1) is 11.9 Å². The average Bonchev–Trinajstić information content (AvgIpc) is 2.56. The third-order valence-corrected chi connectivity index (χ3v) is 4.66. The van der Waals surface area contributed by atoms with Crippen molar-refractivity contribution < 1.29 is 27.1 Å². The number of carbonyl (C=O) groups excluding carboxylic acids is 2. The first-order valence-corrected chi connectivity index (χ1v) is 9.57. The van der Waals surface area contributed by atoms with Crippen LogP contribution in [-0.2, 0) is 19.6 Å². The van der Waals surface area contributed by atoms with Gasteiger partial charge in [0.25, 0.3) is 0 Å². The van der Waals surface area contributed by atoms with E-state index in [1.54, 1.807) is 6.07 Å². The van der Waals surface area contributed by atoms with E-state index >= 15 is 0 Å².